The predicted octanol–water partition coefficient (Wildman–Crippen LogP) is 4.24. The largest absolute Gasteiger partial charge is 0.492 e. The minimum absolute atomic E-state index is 0.0806. The van der Waals surface area contributed by atoms with Crippen molar-refractivity contribution in [3.63, 3.8) is 0 Å². The first kappa shape index (κ1) is 29.8. The van der Waals surface area contributed by atoms with Crippen molar-refractivity contribution >= 4 is 36.7 Å². The van der Waals surface area contributed by atoms with Crippen molar-refractivity contribution in [1.82, 2.24) is 9.29 Å². The third kappa shape index (κ3) is 6.69. The zero-order valence-corrected chi connectivity index (χ0v) is 25.1. The topological polar surface area (TPSA) is 140 Å². The number of sulfone groups is 1. The van der Waals surface area contributed by atoms with Gasteiger partial charge in [-0.15, -0.1) is 0 Å². The molecule has 1 aliphatic heterocycles. The summed E-state index contributed by atoms with van der Waals surface area (Å²) in [5.41, 5.74) is 10.4. The maximum absolute atomic E-state index is 13.1. The highest BCUT2D eigenvalue weighted by Gasteiger charge is 2.30. The molecule has 0 radical (unpaired) electrons. The van der Waals surface area contributed by atoms with E-state index in [4.69, 9.17) is 10.5 Å². The molecule has 1 aromatic heterocycles. The van der Waals surface area contributed by atoms with E-state index in [2.05, 4.69) is 11.1 Å². The molecule has 222 valence electrons. The molecule has 3 aromatic carbocycles. The Kier molecular flexibility index (Phi) is 8.72. The van der Waals surface area contributed by atoms with Crippen LogP contribution in [-0.4, -0.2) is 63.7 Å². The van der Waals surface area contributed by atoms with Crippen LogP contribution < -0.4 is 10.5 Å². The molecule has 0 aliphatic carbocycles. The number of amides is 1. The minimum Gasteiger partial charge on any atom is -0.492 e. The van der Waals surface area contributed by atoms with Crippen LogP contribution in [0.25, 0.3) is 22.0 Å². The summed E-state index contributed by atoms with van der Waals surface area (Å²) < 4.78 is 57.3. The number of fused-ring (bicyclic) bond motifs is 1. The van der Waals surface area contributed by atoms with E-state index in [-0.39, 0.29) is 41.8 Å². The number of sulfonamides is 1. The molecule has 1 fully saturated rings. The highest BCUT2D eigenvalue weighted by molar-refractivity contribution is 7.90. The summed E-state index contributed by atoms with van der Waals surface area (Å²) in [5.74, 6) is -0.0936. The fourth-order valence-corrected chi connectivity index (χ4v) is 7.99. The number of para-hydroxylation sites is 1. The molecule has 1 aliphatic rings. The van der Waals surface area contributed by atoms with Gasteiger partial charge in [0.2, 0.25) is 15.9 Å². The number of hydrogen-bond donors (Lipinski definition) is 2. The van der Waals surface area contributed by atoms with E-state index in [9.17, 15) is 21.6 Å². The van der Waals surface area contributed by atoms with E-state index in [0.717, 1.165) is 39.4 Å². The molecular weight excluding hydrogens is 574 g/mol. The van der Waals surface area contributed by atoms with Crippen molar-refractivity contribution in [2.75, 3.05) is 31.7 Å². The number of piperidine rings is 1. The van der Waals surface area contributed by atoms with Crippen molar-refractivity contribution in [3.8, 4) is 16.9 Å². The van der Waals surface area contributed by atoms with E-state index >= 15 is 0 Å². The van der Waals surface area contributed by atoms with Crippen molar-refractivity contribution in [2.24, 2.45) is 5.73 Å². The Hall–Kier alpha value is -3.67. The number of benzene rings is 3. The number of nitrogens with two attached hydrogens (primary N) is 1. The molecule has 3 N–H and O–H groups in total. The number of carbonyl (C=O) groups excluding carboxylic acids is 1. The number of aromatic amines is 1. The van der Waals surface area contributed by atoms with Crippen LogP contribution in [0.3, 0.4) is 0 Å². The summed E-state index contributed by atoms with van der Waals surface area (Å²) >= 11 is 0. The Morgan fingerprint density at radius 2 is 1.67 bits per heavy atom. The van der Waals surface area contributed by atoms with Crippen molar-refractivity contribution in [2.45, 2.75) is 36.5 Å². The Morgan fingerprint density at radius 3 is 2.36 bits per heavy atom. The molecule has 0 atom stereocenters. The summed E-state index contributed by atoms with van der Waals surface area (Å²) in [7, 11) is -6.95. The smallest absolute Gasteiger partial charge is 0.221 e. The molecule has 0 bridgehead atoms. The van der Waals surface area contributed by atoms with Crippen LogP contribution in [0.4, 0.5) is 0 Å². The van der Waals surface area contributed by atoms with Gasteiger partial charge in [-0.05, 0) is 71.7 Å². The average molecular weight is 610 g/mol. The molecule has 0 unspecified atom stereocenters. The fraction of sp³-hybridized carbons (Fsp3) is 0.323. The number of primary amides is 1. The number of hydrogen-bond acceptors (Lipinski definition) is 6. The van der Waals surface area contributed by atoms with Gasteiger partial charge >= 0.3 is 0 Å². The highest BCUT2D eigenvalue weighted by Crippen LogP contribution is 2.37. The first-order valence-electron chi connectivity index (χ1n) is 13.9. The lowest BCUT2D eigenvalue weighted by molar-refractivity contribution is -0.117. The molecule has 5 rings (SSSR count). The third-order valence-electron chi connectivity index (χ3n) is 7.71. The Labute approximate surface area is 246 Å². The van der Waals surface area contributed by atoms with Crippen LogP contribution >= 0.6 is 0 Å². The lowest BCUT2D eigenvalue weighted by Gasteiger charge is -2.31. The first-order valence-corrected chi connectivity index (χ1v) is 17.4. The summed E-state index contributed by atoms with van der Waals surface area (Å²) in [6.07, 6.45) is 4.80. The van der Waals surface area contributed by atoms with Crippen LogP contribution in [-0.2, 0) is 31.1 Å². The molecule has 0 spiro atoms. The quantitative estimate of drug-likeness (QED) is 0.244. The lowest BCUT2D eigenvalue weighted by Crippen LogP contribution is -2.39. The third-order valence-corrected chi connectivity index (χ3v) is 10.8. The fourth-order valence-electron chi connectivity index (χ4n) is 5.66. The van der Waals surface area contributed by atoms with Crippen LogP contribution in [0.1, 0.15) is 36.3 Å². The van der Waals surface area contributed by atoms with Gasteiger partial charge in [-0.25, -0.2) is 21.1 Å². The second-order valence-electron chi connectivity index (χ2n) is 10.7. The molecule has 2 heterocycles. The molecule has 9 nitrogen and oxygen atoms in total. The standard InChI is InChI=1S/C31H35N3O6S2/c1-41(36,37)29-11-6-5-10-28(29)40-16-7-17-42(38,39)34-14-12-23(13-15-34)27-21-33-31-25(20-30(32)35)18-24(19-26(27)31)22-8-3-2-4-9-22/h2-6,8-11,18-19,21,23,33H,7,12-17,20H2,1H3,(H2,32,35). The molecule has 4 aromatic rings. The number of nitrogens with zero attached hydrogens (tertiary/aromatic N) is 1. The summed E-state index contributed by atoms with van der Waals surface area (Å²) in [5, 5.41) is 1.03. The number of aromatic nitrogens is 1. The number of ether oxygens (including phenoxy) is 1. The van der Waals surface area contributed by atoms with E-state index in [1.165, 1.54) is 10.4 Å². The van der Waals surface area contributed by atoms with E-state index in [1.54, 1.807) is 18.2 Å². The van der Waals surface area contributed by atoms with Gasteiger partial charge in [-0.1, -0.05) is 42.5 Å². The van der Waals surface area contributed by atoms with Gasteiger partial charge in [0.15, 0.2) is 9.84 Å². The number of H-pyrrole nitrogens is 1. The summed E-state index contributed by atoms with van der Waals surface area (Å²) in [6, 6.07) is 20.4. The highest BCUT2D eigenvalue weighted by atomic mass is 32.2. The Morgan fingerprint density at radius 1 is 0.976 bits per heavy atom. The zero-order valence-electron chi connectivity index (χ0n) is 23.5. The maximum Gasteiger partial charge on any atom is 0.221 e. The molecule has 42 heavy (non-hydrogen) atoms. The van der Waals surface area contributed by atoms with Gasteiger partial charge in [0.05, 0.1) is 18.8 Å². The monoisotopic (exact) mass is 609 g/mol. The summed E-state index contributed by atoms with van der Waals surface area (Å²) in [6.45, 7) is 0.906. The van der Waals surface area contributed by atoms with E-state index in [1.807, 2.05) is 42.6 Å². The van der Waals surface area contributed by atoms with Gasteiger partial charge in [-0.3, -0.25) is 4.79 Å². The Balaban J connectivity index is 1.25. The first-order chi connectivity index (χ1) is 20.0. The Bertz CT molecular complexity index is 1790. The van der Waals surface area contributed by atoms with Gasteiger partial charge in [0.25, 0.3) is 0 Å². The number of nitrogens with one attached hydrogen (secondary N) is 1. The average Bonchev–Trinajstić information content (AvgIpc) is 3.40. The van der Waals surface area contributed by atoms with Crippen LogP contribution in [0.2, 0.25) is 0 Å². The second kappa shape index (κ2) is 12.3. The van der Waals surface area contributed by atoms with Gasteiger partial charge in [-0.2, -0.15) is 0 Å². The zero-order chi connectivity index (χ0) is 29.9. The predicted molar refractivity (Wildman–Crippen MR) is 164 cm³/mol. The number of rotatable bonds is 11. The van der Waals surface area contributed by atoms with Crippen LogP contribution in [0, 0.1) is 0 Å². The molecule has 1 amide bonds. The molecule has 11 heteroatoms. The normalized spacial score (nSPS) is 15.2. The molecular formula is C31H35N3O6S2. The van der Waals surface area contributed by atoms with Crippen molar-refractivity contribution in [3.05, 3.63) is 84.1 Å². The SMILES string of the molecule is CS(=O)(=O)c1ccccc1OCCCS(=O)(=O)N1CCC(c2c[nH]c3c(CC(N)=O)cc(-c4ccccc4)cc23)CC1. The molecule has 0 saturated carbocycles. The van der Waals surface area contributed by atoms with Gasteiger partial charge < -0.3 is 15.5 Å². The van der Waals surface area contributed by atoms with Gasteiger partial charge in [0.1, 0.15) is 10.6 Å². The van der Waals surface area contributed by atoms with Gasteiger partial charge in [0, 0.05) is 36.4 Å². The van der Waals surface area contributed by atoms with Crippen molar-refractivity contribution in [1.29, 1.82) is 0 Å². The lowest BCUT2D eigenvalue weighted by atomic mass is 9.88. The van der Waals surface area contributed by atoms with Crippen molar-refractivity contribution < 1.29 is 26.4 Å². The number of carbonyl (C=O) groups is 1. The maximum atomic E-state index is 13.1. The van der Waals surface area contributed by atoms with E-state index < -0.39 is 25.8 Å². The van der Waals surface area contributed by atoms with Crippen LogP contribution in [0.5, 0.6) is 5.75 Å². The summed E-state index contributed by atoms with van der Waals surface area (Å²) in [4.78, 5) is 15.3. The minimum atomic E-state index is -3.50. The van der Waals surface area contributed by atoms with Crippen LogP contribution in [0.15, 0.2) is 77.8 Å². The van der Waals surface area contributed by atoms with E-state index in [0.29, 0.717) is 25.9 Å². The second-order valence-corrected chi connectivity index (χ2v) is 14.8. The molecule has 1 saturated heterocycles.